The van der Waals surface area contributed by atoms with E-state index in [1.54, 1.807) is 35.1 Å². The number of nitrogens with one attached hydrogen (secondary N) is 1. The number of rotatable bonds is 8. The van der Waals surface area contributed by atoms with Crippen molar-refractivity contribution in [1.29, 1.82) is 0 Å². The van der Waals surface area contributed by atoms with Crippen LogP contribution in [-0.2, 0) is 29.9 Å². The number of H-pyrrole nitrogens is 1. The molecule has 1 aliphatic carbocycles. The third-order valence-electron chi connectivity index (χ3n) is 5.60. The van der Waals surface area contributed by atoms with Gasteiger partial charge < -0.3 is 14.6 Å². The largest absolute Gasteiger partial charge is 0.496 e. The third-order valence-corrected chi connectivity index (χ3v) is 7.75. The van der Waals surface area contributed by atoms with E-state index in [0.717, 1.165) is 40.8 Å². The number of hydrogen-bond acceptors (Lipinski definition) is 6. The molecule has 1 N–H and O–H groups in total. The highest BCUT2D eigenvalue weighted by Crippen LogP contribution is 2.33. The highest BCUT2D eigenvalue weighted by atomic mass is 32.2. The van der Waals surface area contributed by atoms with Gasteiger partial charge in [0.15, 0.2) is 0 Å². The van der Waals surface area contributed by atoms with E-state index in [-0.39, 0.29) is 11.5 Å². The lowest BCUT2D eigenvalue weighted by Crippen LogP contribution is -2.26. The number of fused-ring (bicyclic) bond motifs is 3. The number of ether oxygens (including phenoxy) is 1. The molecule has 2 aromatic heterocycles. The molecule has 1 aromatic carbocycles. The minimum Gasteiger partial charge on any atom is -0.496 e. The second-order valence-electron chi connectivity index (χ2n) is 7.77. The van der Waals surface area contributed by atoms with Crippen LogP contribution in [0.15, 0.2) is 29.1 Å². The molecule has 3 aromatic rings. The Hall–Kier alpha value is -2.32. The average molecular weight is 458 g/mol. The summed E-state index contributed by atoms with van der Waals surface area (Å²) in [5, 5.41) is 0.793. The van der Waals surface area contributed by atoms with Crippen LogP contribution in [0.2, 0.25) is 0 Å². The average Bonchev–Trinajstić information content (AvgIpc) is 3.15. The Labute approximate surface area is 190 Å². The van der Waals surface area contributed by atoms with Crippen LogP contribution in [0.3, 0.4) is 0 Å². The molecule has 164 valence electrons. The Balaban J connectivity index is 1.31. The molecule has 31 heavy (non-hydrogen) atoms. The first-order valence-corrected chi connectivity index (χ1v) is 12.5. The van der Waals surface area contributed by atoms with Crippen molar-refractivity contribution in [2.75, 3.05) is 19.9 Å². The lowest BCUT2D eigenvalue weighted by molar-refractivity contribution is -0.129. The smallest absolute Gasteiger partial charge is 0.259 e. The summed E-state index contributed by atoms with van der Waals surface area (Å²) in [6, 6.07) is 7.73. The van der Waals surface area contributed by atoms with E-state index in [4.69, 9.17) is 9.72 Å². The van der Waals surface area contributed by atoms with Crippen molar-refractivity contribution < 1.29 is 9.53 Å². The monoisotopic (exact) mass is 457 g/mol. The van der Waals surface area contributed by atoms with Crippen molar-refractivity contribution in [3.63, 3.8) is 0 Å². The molecule has 0 bridgehead atoms. The van der Waals surface area contributed by atoms with Crippen LogP contribution in [0.5, 0.6) is 5.75 Å². The number of methoxy groups -OCH3 is 1. The normalized spacial score (nSPS) is 13.2. The molecule has 0 aliphatic heterocycles. The summed E-state index contributed by atoms with van der Waals surface area (Å²) in [4.78, 5) is 36.7. The first-order valence-electron chi connectivity index (χ1n) is 10.5. The number of aryl methyl sites for hydroxylation is 2. The fraction of sp³-hybridized carbons (Fsp3) is 0.435. The first-order chi connectivity index (χ1) is 15.1. The fourth-order valence-electron chi connectivity index (χ4n) is 3.97. The van der Waals surface area contributed by atoms with Crippen LogP contribution >= 0.6 is 23.1 Å². The number of aromatic amines is 1. The van der Waals surface area contributed by atoms with Gasteiger partial charge in [-0.15, -0.1) is 11.3 Å². The summed E-state index contributed by atoms with van der Waals surface area (Å²) in [6.45, 7) is 0.516. The van der Waals surface area contributed by atoms with Crippen molar-refractivity contribution >= 4 is 39.2 Å². The fourth-order valence-corrected chi connectivity index (χ4v) is 6.05. The number of nitrogens with zero attached hydrogens (tertiary/aromatic N) is 2. The molecule has 0 radical (unpaired) electrons. The van der Waals surface area contributed by atoms with Gasteiger partial charge in [0.25, 0.3) is 5.56 Å². The van der Waals surface area contributed by atoms with Gasteiger partial charge in [0.2, 0.25) is 5.91 Å². The molecular weight excluding hydrogens is 430 g/mol. The Morgan fingerprint density at radius 3 is 2.94 bits per heavy atom. The zero-order chi connectivity index (χ0) is 21.8. The number of amides is 1. The van der Waals surface area contributed by atoms with Crippen LogP contribution < -0.4 is 10.3 Å². The van der Waals surface area contributed by atoms with Gasteiger partial charge in [-0.2, -0.15) is 11.8 Å². The van der Waals surface area contributed by atoms with Gasteiger partial charge in [0.1, 0.15) is 16.4 Å². The van der Waals surface area contributed by atoms with Crippen molar-refractivity contribution in [3.8, 4) is 5.75 Å². The van der Waals surface area contributed by atoms with E-state index in [9.17, 15) is 9.59 Å². The first kappa shape index (κ1) is 21.9. The molecule has 2 heterocycles. The van der Waals surface area contributed by atoms with E-state index >= 15 is 0 Å². The molecule has 0 saturated carbocycles. The number of aromatic nitrogens is 2. The van der Waals surface area contributed by atoms with E-state index in [2.05, 4.69) is 4.98 Å². The molecule has 1 amide bonds. The summed E-state index contributed by atoms with van der Waals surface area (Å²) >= 11 is 3.29. The van der Waals surface area contributed by atoms with Gasteiger partial charge in [0.05, 0.1) is 18.2 Å². The van der Waals surface area contributed by atoms with E-state index in [1.807, 2.05) is 31.3 Å². The summed E-state index contributed by atoms with van der Waals surface area (Å²) in [6.07, 6.45) is 4.83. The Morgan fingerprint density at radius 1 is 1.29 bits per heavy atom. The van der Waals surface area contributed by atoms with Crippen molar-refractivity contribution in [2.24, 2.45) is 0 Å². The van der Waals surface area contributed by atoms with E-state index in [0.29, 0.717) is 30.3 Å². The quantitative estimate of drug-likeness (QED) is 0.514. The second-order valence-corrected chi connectivity index (χ2v) is 9.96. The van der Waals surface area contributed by atoms with E-state index < -0.39 is 0 Å². The zero-order valence-electron chi connectivity index (χ0n) is 17.9. The molecule has 8 heteroatoms. The van der Waals surface area contributed by atoms with Crippen LogP contribution in [0, 0.1) is 0 Å². The number of thiophene rings is 1. The second kappa shape index (κ2) is 9.87. The standard InChI is InChI=1S/C23H27N3O3S2/c1-26(13-15-7-3-5-9-17(15)29-2)20(27)11-12-30-14-19-24-22(28)21-16-8-4-6-10-18(16)31-23(21)25-19/h3,5,7,9H,4,6,8,10-14H2,1-2H3,(H,24,25,28). The number of carbonyl (C=O) groups excluding carboxylic acids is 1. The Kier molecular flexibility index (Phi) is 6.97. The lowest BCUT2D eigenvalue weighted by Gasteiger charge is -2.18. The van der Waals surface area contributed by atoms with Crippen molar-refractivity contribution in [3.05, 3.63) is 56.4 Å². The zero-order valence-corrected chi connectivity index (χ0v) is 19.5. The van der Waals surface area contributed by atoms with Gasteiger partial charge in [-0.1, -0.05) is 18.2 Å². The van der Waals surface area contributed by atoms with Crippen LogP contribution in [0.1, 0.15) is 41.1 Å². The minimum atomic E-state index is -0.0207. The van der Waals surface area contributed by atoms with Crippen LogP contribution in [0.25, 0.3) is 10.2 Å². The van der Waals surface area contributed by atoms with Crippen LogP contribution in [-0.4, -0.2) is 40.7 Å². The SMILES string of the molecule is COc1ccccc1CN(C)C(=O)CCSCc1nc2sc3c(c2c(=O)[nH]1)CCCC3. The molecule has 4 rings (SSSR count). The number of carbonyl (C=O) groups is 1. The van der Waals surface area contributed by atoms with Gasteiger partial charge in [0, 0.05) is 36.2 Å². The predicted octanol–water partition coefficient (Wildman–Crippen LogP) is 4.15. The summed E-state index contributed by atoms with van der Waals surface area (Å²) < 4.78 is 5.36. The molecule has 1 aliphatic rings. The number of benzene rings is 1. The topological polar surface area (TPSA) is 75.3 Å². The highest BCUT2D eigenvalue weighted by Gasteiger charge is 2.19. The number of thioether (sulfide) groups is 1. The number of hydrogen-bond donors (Lipinski definition) is 1. The van der Waals surface area contributed by atoms with Crippen LogP contribution in [0.4, 0.5) is 0 Å². The van der Waals surface area contributed by atoms with Gasteiger partial charge in [-0.25, -0.2) is 4.98 Å². The summed E-state index contributed by atoms with van der Waals surface area (Å²) in [7, 11) is 3.45. The lowest BCUT2D eigenvalue weighted by atomic mass is 9.97. The molecule has 0 unspecified atom stereocenters. The maximum Gasteiger partial charge on any atom is 0.259 e. The molecule has 0 saturated heterocycles. The number of para-hydroxylation sites is 1. The molecule has 0 spiro atoms. The third kappa shape index (κ3) is 4.96. The molecule has 6 nitrogen and oxygen atoms in total. The molecule has 0 fully saturated rings. The highest BCUT2D eigenvalue weighted by molar-refractivity contribution is 7.98. The predicted molar refractivity (Wildman–Crippen MR) is 127 cm³/mol. The Morgan fingerprint density at radius 2 is 2.10 bits per heavy atom. The van der Waals surface area contributed by atoms with Crippen molar-refractivity contribution in [2.45, 2.75) is 44.4 Å². The molecule has 0 atom stereocenters. The Bertz CT molecular complexity index is 1140. The summed E-state index contributed by atoms with van der Waals surface area (Å²) in [5.74, 6) is 2.84. The van der Waals surface area contributed by atoms with Gasteiger partial charge in [-0.3, -0.25) is 9.59 Å². The summed E-state index contributed by atoms with van der Waals surface area (Å²) in [5.41, 5.74) is 2.18. The van der Waals surface area contributed by atoms with E-state index in [1.165, 1.54) is 16.9 Å². The maximum absolute atomic E-state index is 12.6. The van der Waals surface area contributed by atoms with Gasteiger partial charge >= 0.3 is 0 Å². The van der Waals surface area contributed by atoms with Crippen molar-refractivity contribution in [1.82, 2.24) is 14.9 Å². The van der Waals surface area contributed by atoms with Gasteiger partial charge in [-0.05, 0) is 37.3 Å². The molecular formula is C23H27N3O3S2. The maximum atomic E-state index is 12.6. The minimum absolute atomic E-state index is 0.0207.